The third-order valence-corrected chi connectivity index (χ3v) is 5.49. The highest BCUT2D eigenvalue weighted by molar-refractivity contribution is 7.14. The normalized spacial score (nSPS) is 16.0. The molecule has 0 atom stereocenters. The number of nitrogens with zero attached hydrogens (tertiary/aromatic N) is 5. The molecule has 0 aromatic carbocycles. The molecule has 0 bridgehead atoms. The van der Waals surface area contributed by atoms with Crippen molar-refractivity contribution in [3.63, 3.8) is 0 Å². The highest BCUT2D eigenvalue weighted by atomic mass is 32.1. The average Bonchev–Trinajstić information content (AvgIpc) is 3.36. The van der Waals surface area contributed by atoms with Gasteiger partial charge in [-0.05, 0) is 50.1 Å². The molecule has 2 aromatic heterocycles. The number of hydrogen-bond donors (Lipinski definition) is 2. The summed E-state index contributed by atoms with van der Waals surface area (Å²) >= 11 is 1.83. The predicted octanol–water partition coefficient (Wildman–Crippen LogP) is 2.34. The maximum atomic E-state index is 4.74. The molecule has 0 unspecified atom stereocenters. The van der Waals surface area contributed by atoms with Gasteiger partial charge in [-0.25, -0.2) is 0 Å². The number of aromatic nitrogens is 3. The second kappa shape index (κ2) is 10.2. The topological polar surface area (TPSA) is 70.4 Å². The molecule has 1 aliphatic heterocycles. The summed E-state index contributed by atoms with van der Waals surface area (Å²) in [6, 6.07) is 4.84. The van der Waals surface area contributed by atoms with E-state index in [-0.39, 0.29) is 0 Å². The highest BCUT2D eigenvalue weighted by Gasteiger charge is 2.20. The Hall–Kier alpha value is -2.09. The molecule has 2 N–H and O–H groups in total. The molecule has 0 spiro atoms. The summed E-state index contributed by atoms with van der Waals surface area (Å²) in [4.78, 5) is 7.22. The second-order valence-corrected chi connectivity index (χ2v) is 7.45. The van der Waals surface area contributed by atoms with E-state index in [0.717, 1.165) is 64.4 Å². The van der Waals surface area contributed by atoms with Crippen molar-refractivity contribution in [2.24, 2.45) is 4.99 Å². The molecule has 7 nitrogen and oxygen atoms in total. The number of thiophene rings is 1. The van der Waals surface area contributed by atoms with Gasteiger partial charge in [-0.15, -0.1) is 21.5 Å². The number of rotatable bonds is 8. The van der Waals surface area contributed by atoms with Crippen LogP contribution in [0.5, 0.6) is 0 Å². The number of aryl methyl sites for hydroxylation is 1. The first-order chi connectivity index (χ1) is 12.8. The van der Waals surface area contributed by atoms with Crippen LogP contribution in [-0.4, -0.2) is 52.9 Å². The van der Waals surface area contributed by atoms with E-state index in [1.807, 2.05) is 15.9 Å². The van der Waals surface area contributed by atoms with E-state index < -0.39 is 0 Å². The molecule has 142 valence electrons. The van der Waals surface area contributed by atoms with E-state index >= 15 is 0 Å². The van der Waals surface area contributed by atoms with E-state index in [0.29, 0.717) is 6.04 Å². The van der Waals surface area contributed by atoms with Crippen molar-refractivity contribution in [3.05, 3.63) is 30.2 Å². The van der Waals surface area contributed by atoms with Gasteiger partial charge in [-0.3, -0.25) is 4.99 Å². The van der Waals surface area contributed by atoms with Crippen LogP contribution in [-0.2, 0) is 6.54 Å². The summed E-state index contributed by atoms with van der Waals surface area (Å²) in [5.74, 6) is 0.950. The van der Waals surface area contributed by atoms with Gasteiger partial charge in [0.05, 0.1) is 5.00 Å². The minimum Gasteiger partial charge on any atom is -0.363 e. The Kier molecular flexibility index (Phi) is 7.30. The van der Waals surface area contributed by atoms with Crippen molar-refractivity contribution in [2.45, 2.75) is 45.2 Å². The first-order valence-electron chi connectivity index (χ1n) is 9.51. The summed E-state index contributed by atoms with van der Waals surface area (Å²) < 4.78 is 2.01. The molecule has 1 saturated heterocycles. The molecule has 0 radical (unpaired) electrons. The number of piperidine rings is 1. The van der Waals surface area contributed by atoms with Crippen LogP contribution < -0.4 is 15.5 Å². The van der Waals surface area contributed by atoms with Gasteiger partial charge >= 0.3 is 0 Å². The molecule has 1 fully saturated rings. The summed E-state index contributed by atoms with van der Waals surface area (Å²) in [6.45, 7) is 7.01. The Morgan fingerprint density at radius 1 is 1.27 bits per heavy atom. The fourth-order valence-electron chi connectivity index (χ4n) is 3.14. The van der Waals surface area contributed by atoms with E-state index in [1.54, 1.807) is 12.7 Å². The Balaban J connectivity index is 1.38. The van der Waals surface area contributed by atoms with E-state index in [4.69, 9.17) is 4.99 Å². The van der Waals surface area contributed by atoms with Crippen molar-refractivity contribution in [2.75, 3.05) is 31.1 Å². The molecule has 8 heteroatoms. The SMILES string of the molecule is CCNC(=NCCCCn1cnnc1)NC1CCN(c2cccs2)CC1. The fraction of sp³-hybridized carbons (Fsp3) is 0.611. The number of unbranched alkanes of at least 4 members (excludes halogenated alkanes) is 1. The number of anilines is 1. The van der Waals surface area contributed by atoms with Crippen LogP contribution in [0.1, 0.15) is 32.6 Å². The summed E-state index contributed by atoms with van der Waals surface area (Å²) in [5.41, 5.74) is 0. The Labute approximate surface area is 159 Å². The van der Waals surface area contributed by atoms with Gasteiger partial charge in [0.25, 0.3) is 0 Å². The fourth-order valence-corrected chi connectivity index (χ4v) is 3.93. The van der Waals surface area contributed by atoms with Crippen LogP contribution in [0, 0.1) is 0 Å². The molecule has 3 heterocycles. The maximum absolute atomic E-state index is 4.74. The average molecular weight is 376 g/mol. The zero-order chi connectivity index (χ0) is 18.0. The van der Waals surface area contributed by atoms with Crippen LogP contribution in [0.15, 0.2) is 35.2 Å². The second-order valence-electron chi connectivity index (χ2n) is 6.52. The summed E-state index contributed by atoms with van der Waals surface area (Å²) in [5, 5.41) is 18.2. The number of nitrogens with one attached hydrogen (secondary N) is 2. The lowest BCUT2D eigenvalue weighted by atomic mass is 10.1. The van der Waals surface area contributed by atoms with Crippen molar-refractivity contribution >= 4 is 22.3 Å². The smallest absolute Gasteiger partial charge is 0.191 e. The zero-order valence-corrected chi connectivity index (χ0v) is 16.3. The Bertz CT molecular complexity index is 631. The van der Waals surface area contributed by atoms with Gasteiger partial charge in [0.15, 0.2) is 5.96 Å². The van der Waals surface area contributed by atoms with Crippen molar-refractivity contribution in [1.82, 2.24) is 25.4 Å². The minimum atomic E-state index is 0.501. The Morgan fingerprint density at radius 2 is 2.08 bits per heavy atom. The summed E-state index contributed by atoms with van der Waals surface area (Å²) in [7, 11) is 0. The van der Waals surface area contributed by atoms with Crippen LogP contribution in [0.3, 0.4) is 0 Å². The largest absolute Gasteiger partial charge is 0.363 e. The molecule has 1 aliphatic rings. The van der Waals surface area contributed by atoms with Crippen LogP contribution in [0.25, 0.3) is 0 Å². The van der Waals surface area contributed by atoms with Gasteiger partial charge in [0.1, 0.15) is 12.7 Å². The minimum absolute atomic E-state index is 0.501. The monoisotopic (exact) mass is 375 g/mol. The van der Waals surface area contributed by atoms with Crippen molar-refractivity contribution in [1.29, 1.82) is 0 Å². The molecule has 3 rings (SSSR count). The van der Waals surface area contributed by atoms with Crippen molar-refractivity contribution in [3.8, 4) is 0 Å². The third kappa shape index (κ3) is 5.72. The van der Waals surface area contributed by atoms with Gasteiger partial charge in [-0.1, -0.05) is 0 Å². The van der Waals surface area contributed by atoms with Gasteiger partial charge in [0, 0.05) is 38.8 Å². The number of aliphatic imine (C=N–C) groups is 1. The van der Waals surface area contributed by atoms with Crippen LogP contribution in [0.2, 0.25) is 0 Å². The molecule has 0 amide bonds. The molecule has 26 heavy (non-hydrogen) atoms. The predicted molar refractivity (Wildman–Crippen MR) is 108 cm³/mol. The molecule has 2 aromatic rings. The lowest BCUT2D eigenvalue weighted by Gasteiger charge is -2.33. The van der Waals surface area contributed by atoms with Gasteiger partial charge in [0.2, 0.25) is 0 Å². The quantitative estimate of drug-likeness (QED) is 0.421. The van der Waals surface area contributed by atoms with Gasteiger partial charge < -0.3 is 20.1 Å². The van der Waals surface area contributed by atoms with Crippen LogP contribution in [0.4, 0.5) is 5.00 Å². The molecular weight excluding hydrogens is 346 g/mol. The summed E-state index contributed by atoms with van der Waals surface area (Å²) in [6.07, 6.45) is 7.96. The van der Waals surface area contributed by atoms with Gasteiger partial charge in [-0.2, -0.15) is 0 Å². The standard InChI is InChI=1S/C18H29N7S/c1-2-19-18(20-9-3-4-10-24-14-21-22-15-24)23-16-7-11-25(12-8-16)17-6-5-13-26-17/h5-6,13-16H,2-4,7-12H2,1H3,(H2,19,20,23). The number of hydrogen-bond acceptors (Lipinski definition) is 5. The molecule has 0 saturated carbocycles. The lowest BCUT2D eigenvalue weighted by Crippen LogP contribution is -2.48. The van der Waals surface area contributed by atoms with Crippen molar-refractivity contribution < 1.29 is 0 Å². The molecular formula is C18H29N7S. The zero-order valence-electron chi connectivity index (χ0n) is 15.5. The third-order valence-electron chi connectivity index (χ3n) is 4.56. The first-order valence-corrected chi connectivity index (χ1v) is 10.4. The van der Waals surface area contributed by atoms with E-state index in [1.165, 1.54) is 5.00 Å². The lowest BCUT2D eigenvalue weighted by molar-refractivity contribution is 0.462. The number of guanidine groups is 1. The Morgan fingerprint density at radius 3 is 2.77 bits per heavy atom. The maximum Gasteiger partial charge on any atom is 0.191 e. The van der Waals surface area contributed by atoms with Crippen LogP contribution >= 0.6 is 11.3 Å². The first kappa shape index (κ1) is 18.7. The highest BCUT2D eigenvalue weighted by Crippen LogP contribution is 2.24. The van der Waals surface area contributed by atoms with E-state index in [9.17, 15) is 0 Å². The molecule has 0 aliphatic carbocycles. The van der Waals surface area contributed by atoms with E-state index in [2.05, 4.69) is 50.2 Å².